The van der Waals surface area contributed by atoms with Gasteiger partial charge >= 0.3 is 0 Å². The van der Waals surface area contributed by atoms with Gasteiger partial charge in [0.25, 0.3) is 5.91 Å². The molecule has 1 aromatic heterocycles. The highest BCUT2D eigenvalue weighted by Crippen LogP contribution is 2.21. The molecule has 3 rings (SSSR count). The van der Waals surface area contributed by atoms with Gasteiger partial charge in [0.05, 0.1) is 6.61 Å². The standard InChI is InChI=1S/C17H18F2N2O4/c1-23-8-11-5-6-21(7-11)17(22)13-9-25-15(20-13)10-24-14-4-2-3-12(18)16(14)19/h2-4,9,11H,5-8,10H2,1H3. The summed E-state index contributed by atoms with van der Waals surface area (Å²) in [7, 11) is 1.63. The fourth-order valence-corrected chi connectivity index (χ4v) is 2.76. The molecule has 134 valence electrons. The Hall–Kier alpha value is -2.48. The Balaban J connectivity index is 1.59. The highest BCUT2D eigenvalue weighted by molar-refractivity contribution is 5.92. The van der Waals surface area contributed by atoms with Crippen LogP contribution in [0.1, 0.15) is 22.8 Å². The van der Waals surface area contributed by atoms with Crippen LogP contribution in [0.15, 0.2) is 28.9 Å². The number of halogens is 2. The van der Waals surface area contributed by atoms with Crippen LogP contribution in [0.4, 0.5) is 8.78 Å². The van der Waals surface area contributed by atoms with Crippen molar-refractivity contribution in [2.75, 3.05) is 26.8 Å². The molecular weight excluding hydrogens is 334 g/mol. The molecule has 2 heterocycles. The number of hydrogen-bond acceptors (Lipinski definition) is 5. The summed E-state index contributed by atoms with van der Waals surface area (Å²) in [4.78, 5) is 18.2. The summed E-state index contributed by atoms with van der Waals surface area (Å²) in [5.41, 5.74) is 0.163. The van der Waals surface area contributed by atoms with Gasteiger partial charge in [-0.25, -0.2) is 9.37 Å². The highest BCUT2D eigenvalue weighted by Gasteiger charge is 2.28. The zero-order valence-corrected chi connectivity index (χ0v) is 13.7. The lowest BCUT2D eigenvalue weighted by Crippen LogP contribution is -2.29. The minimum absolute atomic E-state index is 0.111. The molecule has 1 aromatic carbocycles. The summed E-state index contributed by atoms with van der Waals surface area (Å²) in [5, 5.41) is 0. The number of oxazole rings is 1. The molecule has 25 heavy (non-hydrogen) atoms. The van der Waals surface area contributed by atoms with E-state index < -0.39 is 11.6 Å². The fraction of sp³-hybridized carbons (Fsp3) is 0.412. The number of carbonyl (C=O) groups is 1. The first-order valence-electron chi connectivity index (χ1n) is 7.88. The number of nitrogens with zero attached hydrogens (tertiary/aromatic N) is 2. The van der Waals surface area contributed by atoms with Gasteiger partial charge in [0, 0.05) is 26.1 Å². The van der Waals surface area contributed by atoms with Crippen LogP contribution in [0.3, 0.4) is 0 Å². The smallest absolute Gasteiger partial charge is 0.275 e. The average Bonchev–Trinajstić information content (AvgIpc) is 3.25. The molecule has 0 aliphatic carbocycles. The molecule has 0 bridgehead atoms. The van der Waals surface area contributed by atoms with Crippen LogP contribution in [0, 0.1) is 17.6 Å². The Bertz CT molecular complexity index is 750. The van der Waals surface area contributed by atoms with Crippen molar-refractivity contribution >= 4 is 5.91 Å². The summed E-state index contributed by atoms with van der Waals surface area (Å²) in [6, 6.07) is 3.63. The van der Waals surface area contributed by atoms with Crippen LogP contribution >= 0.6 is 0 Å². The first kappa shape index (κ1) is 17.3. The number of methoxy groups -OCH3 is 1. The van der Waals surface area contributed by atoms with Crippen molar-refractivity contribution < 1.29 is 27.5 Å². The molecule has 6 nitrogen and oxygen atoms in total. The van der Waals surface area contributed by atoms with Crippen molar-refractivity contribution in [3.8, 4) is 5.75 Å². The van der Waals surface area contributed by atoms with Crippen LogP contribution in [0.25, 0.3) is 0 Å². The minimum atomic E-state index is -1.08. The van der Waals surface area contributed by atoms with Gasteiger partial charge in [-0.1, -0.05) is 6.07 Å². The van der Waals surface area contributed by atoms with Gasteiger partial charge in [-0.2, -0.15) is 4.39 Å². The van der Waals surface area contributed by atoms with E-state index in [1.54, 1.807) is 12.0 Å². The monoisotopic (exact) mass is 352 g/mol. The number of amides is 1. The Morgan fingerprint density at radius 1 is 1.44 bits per heavy atom. The van der Waals surface area contributed by atoms with Crippen molar-refractivity contribution in [1.29, 1.82) is 0 Å². The van der Waals surface area contributed by atoms with Crippen LogP contribution in [-0.4, -0.2) is 42.6 Å². The van der Waals surface area contributed by atoms with Crippen LogP contribution < -0.4 is 4.74 Å². The molecule has 1 amide bonds. The maximum atomic E-state index is 13.5. The van der Waals surface area contributed by atoms with E-state index in [0.29, 0.717) is 25.6 Å². The van der Waals surface area contributed by atoms with E-state index in [9.17, 15) is 13.6 Å². The Labute approximate surface area is 143 Å². The molecule has 1 unspecified atom stereocenters. The Kier molecular flexibility index (Phi) is 5.28. The molecule has 1 atom stereocenters. The van der Waals surface area contributed by atoms with Gasteiger partial charge in [-0.3, -0.25) is 4.79 Å². The minimum Gasteiger partial charge on any atom is -0.481 e. The van der Waals surface area contributed by atoms with E-state index in [1.807, 2.05) is 0 Å². The van der Waals surface area contributed by atoms with Crippen molar-refractivity contribution in [3.63, 3.8) is 0 Å². The third-order valence-corrected chi connectivity index (χ3v) is 4.01. The second kappa shape index (κ2) is 7.60. The topological polar surface area (TPSA) is 64.8 Å². The molecule has 1 aliphatic heterocycles. The first-order valence-corrected chi connectivity index (χ1v) is 7.88. The highest BCUT2D eigenvalue weighted by atomic mass is 19.2. The van der Waals surface area contributed by atoms with E-state index in [0.717, 1.165) is 12.5 Å². The van der Waals surface area contributed by atoms with Gasteiger partial charge in [0.1, 0.15) is 6.26 Å². The van der Waals surface area contributed by atoms with Gasteiger partial charge in [0.2, 0.25) is 11.7 Å². The number of benzene rings is 1. The third-order valence-electron chi connectivity index (χ3n) is 4.01. The van der Waals surface area contributed by atoms with E-state index in [4.69, 9.17) is 13.9 Å². The van der Waals surface area contributed by atoms with E-state index in [-0.39, 0.29) is 29.8 Å². The molecular formula is C17H18F2N2O4. The van der Waals surface area contributed by atoms with Crippen molar-refractivity contribution in [2.45, 2.75) is 13.0 Å². The zero-order chi connectivity index (χ0) is 17.8. The van der Waals surface area contributed by atoms with E-state index in [2.05, 4.69) is 4.98 Å². The molecule has 1 saturated heterocycles. The van der Waals surface area contributed by atoms with Crippen molar-refractivity contribution in [1.82, 2.24) is 9.88 Å². The Morgan fingerprint density at radius 2 is 2.28 bits per heavy atom. The predicted octanol–water partition coefficient (Wildman–Crippen LogP) is 2.64. The summed E-state index contributed by atoms with van der Waals surface area (Å²) >= 11 is 0. The molecule has 0 saturated carbocycles. The number of carbonyl (C=O) groups excluding carboxylic acids is 1. The van der Waals surface area contributed by atoms with Crippen molar-refractivity contribution in [2.24, 2.45) is 5.92 Å². The van der Waals surface area contributed by atoms with Crippen LogP contribution in [0.5, 0.6) is 5.75 Å². The maximum absolute atomic E-state index is 13.5. The molecule has 1 fully saturated rings. The van der Waals surface area contributed by atoms with Gasteiger partial charge in [-0.05, 0) is 18.6 Å². The number of ether oxygens (including phenoxy) is 2. The summed E-state index contributed by atoms with van der Waals surface area (Å²) < 4.78 is 42.1. The zero-order valence-electron chi connectivity index (χ0n) is 13.7. The molecule has 2 aromatic rings. The predicted molar refractivity (Wildman–Crippen MR) is 83.1 cm³/mol. The van der Waals surface area contributed by atoms with Gasteiger partial charge in [0.15, 0.2) is 23.9 Å². The molecule has 8 heteroatoms. The largest absolute Gasteiger partial charge is 0.481 e. The summed E-state index contributed by atoms with van der Waals surface area (Å²) in [6.07, 6.45) is 2.12. The fourth-order valence-electron chi connectivity index (χ4n) is 2.76. The average molecular weight is 352 g/mol. The van der Waals surface area contributed by atoms with Gasteiger partial charge in [-0.15, -0.1) is 0 Å². The third kappa shape index (κ3) is 3.96. The second-order valence-corrected chi connectivity index (χ2v) is 5.83. The van der Waals surface area contributed by atoms with Crippen molar-refractivity contribution in [3.05, 3.63) is 47.7 Å². The summed E-state index contributed by atoms with van der Waals surface area (Å²) in [6.45, 7) is 1.65. The molecule has 0 spiro atoms. The van der Waals surface area contributed by atoms with Crippen LogP contribution in [-0.2, 0) is 11.3 Å². The first-order chi connectivity index (χ1) is 12.1. The second-order valence-electron chi connectivity index (χ2n) is 5.83. The van der Waals surface area contributed by atoms with Crippen LogP contribution in [0.2, 0.25) is 0 Å². The quantitative estimate of drug-likeness (QED) is 0.800. The molecule has 0 N–H and O–H groups in total. The van der Waals surface area contributed by atoms with Gasteiger partial charge < -0.3 is 18.8 Å². The normalized spacial score (nSPS) is 17.1. The lowest BCUT2D eigenvalue weighted by Gasteiger charge is -2.14. The van der Waals surface area contributed by atoms with E-state index in [1.165, 1.54) is 18.4 Å². The number of rotatable bonds is 6. The number of likely N-dealkylation sites (tertiary alicyclic amines) is 1. The molecule has 1 aliphatic rings. The lowest BCUT2D eigenvalue weighted by atomic mass is 10.1. The SMILES string of the molecule is COCC1CCN(C(=O)c2coc(COc3cccc(F)c3F)n2)C1. The summed E-state index contributed by atoms with van der Waals surface area (Å²) in [5.74, 6) is -2.12. The maximum Gasteiger partial charge on any atom is 0.275 e. The lowest BCUT2D eigenvalue weighted by molar-refractivity contribution is 0.0769. The van der Waals surface area contributed by atoms with E-state index >= 15 is 0 Å². The number of aromatic nitrogens is 1. The Morgan fingerprint density at radius 3 is 3.08 bits per heavy atom. The molecule has 0 radical (unpaired) electrons. The number of hydrogen-bond donors (Lipinski definition) is 0.